The molecule has 2 rings (SSSR count). The minimum Gasteiger partial charge on any atom is -0.469 e. The number of likely N-dealkylation sites (tertiary alicyclic amines) is 1. The molecule has 0 N–H and O–H groups in total. The van der Waals surface area contributed by atoms with E-state index in [1.54, 1.807) is 4.90 Å². The Morgan fingerprint density at radius 1 is 1.10 bits per heavy atom. The zero-order valence-electron chi connectivity index (χ0n) is 17.8. The molecule has 0 bridgehead atoms. The lowest BCUT2D eigenvalue weighted by molar-refractivity contribution is -0.151. The number of hydrogen-bond donors (Lipinski definition) is 0. The van der Waals surface area contributed by atoms with E-state index in [1.165, 1.54) is 14.2 Å². The van der Waals surface area contributed by atoms with Crippen molar-refractivity contribution in [1.82, 2.24) is 4.90 Å². The van der Waals surface area contributed by atoms with E-state index in [1.807, 2.05) is 44.2 Å². The molecule has 0 spiro atoms. The summed E-state index contributed by atoms with van der Waals surface area (Å²) in [7, 11) is 2.74. The molecule has 1 aliphatic heterocycles. The van der Waals surface area contributed by atoms with Crippen molar-refractivity contribution in [3.8, 4) is 0 Å². The molecule has 0 radical (unpaired) electrons. The van der Waals surface area contributed by atoms with Crippen LogP contribution < -0.4 is 4.90 Å². The van der Waals surface area contributed by atoms with E-state index < -0.39 is 11.5 Å². The van der Waals surface area contributed by atoms with Crippen molar-refractivity contribution in [2.45, 2.75) is 45.1 Å². The van der Waals surface area contributed by atoms with Crippen LogP contribution in [0.4, 0.5) is 5.69 Å². The summed E-state index contributed by atoms with van der Waals surface area (Å²) in [5.41, 5.74) is -0.357. The Bertz CT molecular complexity index is 698. The highest BCUT2D eigenvalue weighted by Crippen LogP contribution is 2.36. The SMILES string of the molecule is CCC(C)C(=O)N(c1ccccc1)C1(C(=O)OC)CCN(CCC(=O)OC)CC1. The van der Waals surface area contributed by atoms with Crippen LogP contribution >= 0.6 is 0 Å². The third-order valence-corrected chi connectivity index (χ3v) is 5.81. The summed E-state index contributed by atoms with van der Waals surface area (Å²) >= 11 is 0. The molecule has 1 aromatic rings. The van der Waals surface area contributed by atoms with E-state index in [4.69, 9.17) is 9.47 Å². The number of carbonyl (C=O) groups is 3. The lowest BCUT2D eigenvalue weighted by Crippen LogP contribution is -2.63. The third kappa shape index (κ3) is 5.15. The van der Waals surface area contributed by atoms with Crippen molar-refractivity contribution >= 4 is 23.5 Å². The van der Waals surface area contributed by atoms with Crippen LogP contribution in [-0.4, -0.2) is 62.1 Å². The molecule has 0 aromatic heterocycles. The lowest BCUT2D eigenvalue weighted by Gasteiger charge is -2.47. The number of piperidine rings is 1. The fourth-order valence-corrected chi connectivity index (χ4v) is 3.76. The van der Waals surface area contributed by atoms with E-state index in [-0.39, 0.29) is 17.8 Å². The molecule has 1 amide bonds. The highest BCUT2D eigenvalue weighted by atomic mass is 16.5. The maximum Gasteiger partial charge on any atom is 0.332 e. The first kappa shape index (κ1) is 22.9. The summed E-state index contributed by atoms with van der Waals surface area (Å²) in [5.74, 6) is -0.945. The molecule has 0 aliphatic carbocycles. The number of benzene rings is 1. The predicted molar refractivity (Wildman–Crippen MR) is 110 cm³/mol. The quantitative estimate of drug-likeness (QED) is 0.620. The van der Waals surface area contributed by atoms with Crippen LogP contribution in [0.1, 0.15) is 39.5 Å². The molecule has 7 nitrogen and oxygen atoms in total. The molecule has 1 aliphatic rings. The number of carbonyl (C=O) groups excluding carboxylic acids is 3. The van der Waals surface area contributed by atoms with Gasteiger partial charge >= 0.3 is 11.9 Å². The molecular weight excluding hydrogens is 372 g/mol. The molecule has 1 aromatic carbocycles. The first-order valence-corrected chi connectivity index (χ1v) is 10.2. The molecule has 0 saturated carbocycles. The van der Waals surface area contributed by atoms with Crippen LogP contribution in [-0.2, 0) is 23.9 Å². The van der Waals surface area contributed by atoms with E-state index in [2.05, 4.69) is 4.90 Å². The number of rotatable bonds is 8. The number of nitrogens with zero attached hydrogens (tertiary/aromatic N) is 2. The Labute approximate surface area is 172 Å². The van der Waals surface area contributed by atoms with Gasteiger partial charge in [0.15, 0.2) is 0 Å². The van der Waals surface area contributed by atoms with Gasteiger partial charge in [-0.2, -0.15) is 0 Å². The normalized spacial score (nSPS) is 17.2. The standard InChI is InChI=1S/C22H32N2O5/c1-5-17(2)20(26)24(18-9-7-6-8-10-18)22(21(27)29-4)12-15-23(16-13-22)14-11-19(25)28-3/h6-10,17H,5,11-16H2,1-4H3. The van der Waals surface area contributed by atoms with Crippen LogP contribution in [0.5, 0.6) is 0 Å². The molecular formula is C22H32N2O5. The van der Waals surface area contributed by atoms with Gasteiger partial charge in [0.05, 0.1) is 20.6 Å². The van der Waals surface area contributed by atoms with Crippen LogP contribution in [0.25, 0.3) is 0 Å². The maximum absolute atomic E-state index is 13.4. The minimum atomic E-state index is -1.06. The largest absolute Gasteiger partial charge is 0.469 e. The second-order valence-electron chi connectivity index (χ2n) is 7.51. The van der Waals surface area contributed by atoms with Gasteiger partial charge in [-0.1, -0.05) is 32.0 Å². The Balaban J connectivity index is 2.34. The Kier molecular flexibility index (Phi) is 8.20. The van der Waals surface area contributed by atoms with Gasteiger partial charge in [-0.05, 0) is 31.4 Å². The van der Waals surface area contributed by atoms with Crippen LogP contribution in [0.15, 0.2) is 30.3 Å². The van der Waals surface area contributed by atoms with Crippen molar-refractivity contribution in [1.29, 1.82) is 0 Å². The molecule has 7 heteroatoms. The molecule has 29 heavy (non-hydrogen) atoms. The van der Waals surface area contributed by atoms with E-state index in [9.17, 15) is 14.4 Å². The summed E-state index contributed by atoms with van der Waals surface area (Å²) < 4.78 is 9.90. The van der Waals surface area contributed by atoms with Crippen molar-refractivity contribution < 1.29 is 23.9 Å². The first-order valence-electron chi connectivity index (χ1n) is 10.2. The number of amides is 1. The van der Waals surface area contributed by atoms with E-state index >= 15 is 0 Å². The Morgan fingerprint density at radius 3 is 2.24 bits per heavy atom. The predicted octanol–water partition coefficient (Wildman–Crippen LogP) is 2.64. The summed E-state index contributed by atoms with van der Waals surface area (Å²) in [6, 6.07) is 9.32. The van der Waals surface area contributed by atoms with Crippen molar-refractivity contribution in [2.24, 2.45) is 5.92 Å². The number of ether oxygens (including phenoxy) is 2. The number of hydrogen-bond acceptors (Lipinski definition) is 6. The smallest absolute Gasteiger partial charge is 0.332 e. The summed E-state index contributed by atoms with van der Waals surface area (Å²) in [6.45, 7) is 5.59. The monoisotopic (exact) mass is 404 g/mol. The minimum absolute atomic E-state index is 0.0767. The average molecular weight is 405 g/mol. The number of esters is 2. The van der Waals surface area contributed by atoms with Crippen molar-refractivity contribution in [3.05, 3.63) is 30.3 Å². The second kappa shape index (κ2) is 10.4. The molecule has 1 unspecified atom stereocenters. The summed E-state index contributed by atoms with van der Waals surface area (Å²) in [5, 5.41) is 0. The van der Waals surface area contributed by atoms with Crippen LogP contribution in [0, 0.1) is 5.92 Å². The van der Waals surface area contributed by atoms with Crippen LogP contribution in [0.2, 0.25) is 0 Å². The highest BCUT2D eigenvalue weighted by Gasteiger charge is 2.50. The molecule has 1 fully saturated rings. The molecule has 1 atom stereocenters. The van der Waals surface area contributed by atoms with Gasteiger partial charge < -0.3 is 14.4 Å². The van der Waals surface area contributed by atoms with Gasteiger partial charge in [0, 0.05) is 31.2 Å². The zero-order valence-corrected chi connectivity index (χ0v) is 17.8. The average Bonchev–Trinajstić information content (AvgIpc) is 2.77. The fourth-order valence-electron chi connectivity index (χ4n) is 3.76. The van der Waals surface area contributed by atoms with Gasteiger partial charge in [0.1, 0.15) is 5.54 Å². The number of anilines is 1. The zero-order chi connectivity index (χ0) is 21.4. The molecule has 1 saturated heterocycles. The van der Waals surface area contributed by atoms with Gasteiger partial charge in [-0.15, -0.1) is 0 Å². The topological polar surface area (TPSA) is 76.2 Å². The van der Waals surface area contributed by atoms with E-state index in [0.717, 1.165) is 0 Å². The Hall–Kier alpha value is -2.41. The number of methoxy groups -OCH3 is 2. The van der Waals surface area contributed by atoms with Gasteiger partial charge in [0.25, 0.3) is 0 Å². The van der Waals surface area contributed by atoms with Gasteiger partial charge in [-0.3, -0.25) is 14.5 Å². The van der Waals surface area contributed by atoms with E-state index in [0.29, 0.717) is 51.0 Å². The Morgan fingerprint density at radius 2 is 1.72 bits per heavy atom. The molecule has 1 heterocycles. The lowest BCUT2D eigenvalue weighted by atomic mass is 9.83. The second-order valence-corrected chi connectivity index (χ2v) is 7.51. The summed E-state index contributed by atoms with van der Waals surface area (Å²) in [4.78, 5) is 41.6. The molecule has 160 valence electrons. The van der Waals surface area contributed by atoms with Crippen molar-refractivity contribution in [2.75, 3.05) is 38.8 Å². The third-order valence-electron chi connectivity index (χ3n) is 5.81. The van der Waals surface area contributed by atoms with Gasteiger partial charge in [0.2, 0.25) is 5.91 Å². The van der Waals surface area contributed by atoms with Gasteiger partial charge in [-0.25, -0.2) is 4.79 Å². The number of para-hydroxylation sites is 1. The van der Waals surface area contributed by atoms with Crippen molar-refractivity contribution in [3.63, 3.8) is 0 Å². The summed E-state index contributed by atoms with van der Waals surface area (Å²) in [6.07, 6.45) is 1.87. The fraction of sp³-hybridized carbons (Fsp3) is 0.591. The maximum atomic E-state index is 13.4. The van der Waals surface area contributed by atoms with Crippen LogP contribution in [0.3, 0.4) is 0 Å². The first-order chi connectivity index (χ1) is 13.9. The highest BCUT2D eigenvalue weighted by molar-refractivity contribution is 6.03.